The normalized spacial score (nSPS) is 20.1. The van der Waals surface area contributed by atoms with Crippen LogP contribution in [0.2, 0.25) is 0 Å². The molecule has 0 bridgehead atoms. The average Bonchev–Trinajstić information content (AvgIpc) is 3.33. The van der Waals surface area contributed by atoms with Crippen molar-refractivity contribution >= 4 is 45.5 Å². The standard InChI is InChI=1S/C32H35N5O11S2/c1-32(2)25(31(45)46)37-29(44)24(30(37)49-32)35-28(43)23(18-3-7-19(40)8-4-18)34-27(42)21-11-12-22(33-26(21)41)17-5-9-20(10-6-17)50(47,48)36(13-15-38)14-16-39/h3-12,23-25,30,38-40H,13-16H2,1-2H3,(H,33,41)(H,34,42)(H,35,43)(H,45,46)/t23-,24-,25+,30-/m1/s1. The van der Waals surface area contributed by atoms with Gasteiger partial charge in [0.15, 0.2) is 0 Å². The Morgan fingerprint density at radius 2 is 1.60 bits per heavy atom. The molecule has 2 aliphatic heterocycles. The highest BCUT2D eigenvalue weighted by molar-refractivity contribution is 8.01. The third kappa shape index (κ3) is 6.97. The number of carbonyl (C=O) groups is 4. The van der Waals surface area contributed by atoms with Crippen LogP contribution in [0.15, 0.2) is 70.4 Å². The molecule has 0 aliphatic carbocycles. The maximum Gasteiger partial charge on any atom is 0.327 e. The quantitative estimate of drug-likeness (QED) is 0.113. The van der Waals surface area contributed by atoms with E-state index >= 15 is 0 Å². The number of thioether (sulfide) groups is 1. The van der Waals surface area contributed by atoms with Crippen LogP contribution in [0.1, 0.15) is 35.8 Å². The molecule has 266 valence electrons. The van der Waals surface area contributed by atoms with Gasteiger partial charge in [-0.1, -0.05) is 24.3 Å². The molecule has 2 saturated heterocycles. The molecule has 50 heavy (non-hydrogen) atoms. The summed E-state index contributed by atoms with van der Waals surface area (Å²) in [5, 5.41) is 42.4. The molecule has 7 N–H and O–H groups in total. The number of carbonyl (C=O) groups excluding carboxylic acids is 3. The molecule has 0 spiro atoms. The van der Waals surface area contributed by atoms with Gasteiger partial charge in [0, 0.05) is 23.5 Å². The van der Waals surface area contributed by atoms with Gasteiger partial charge in [-0.2, -0.15) is 4.31 Å². The summed E-state index contributed by atoms with van der Waals surface area (Å²) in [5.41, 5.74) is -0.318. The zero-order valence-corrected chi connectivity index (χ0v) is 28.4. The fourth-order valence-electron chi connectivity index (χ4n) is 5.91. The number of aromatic nitrogens is 1. The number of aromatic hydroxyl groups is 1. The summed E-state index contributed by atoms with van der Waals surface area (Å²) in [7, 11) is -4.02. The number of rotatable bonds is 13. The maximum absolute atomic E-state index is 13.6. The van der Waals surface area contributed by atoms with Gasteiger partial charge in [-0.3, -0.25) is 19.2 Å². The summed E-state index contributed by atoms with van der Waals surface area (Å²) in [6.45, 7) is 2.09. The lowest BCUT2D eigenvalue weighted by Gasteiger charge is -2.44. The lowest BCUT2D eigenvalue weighted by atomic mass is 9.95. The Balaban J connectivity index is 1.34. The summed E-state index contributed by atoms with van der Waals surface area (Å²) < 4.78 is 25.9. The molecule has 2 aromatic carbocycles. The first-order valence-electron chi connectivity index (χ1n) is 15.3. The van der Waals surface area contributed by atoms with E-state index in [1.54, 1.807) is 13.8 Å². The molecule has 18 heteroatoms. The number of aliphatic hydroxyl groups excluding tert-OH is 2. The Bertz CT molecular complexity index is 1960. The zero-order chi connectivity index (χ0) is 36.5. The number of aliphatic carboxylic acids is 1. The van der Waals surface area contributed by atoms with Gasteiger partial charge < -0.3 is 40.9 Å². The number of nitrogens with one attached hydrogen (secondary N) is 3. The lowest BCUT2D eigenvalue weighted by molar-refractivity contribution is -0.161. The predicted octanol–water partition coefficient (Wildman–Crippen LogP) is -0.174. The number of aliphatic hydroxyl groups is 2. The minimum Gasteiger partial charge on any atom is -0.508 e. The van der Waals surface area contributed by atoms with Gasteiger partial charge >= 0.3 is 5.97 Å². The number of phenolic OH excluding ortho intramolecular Hbond substituents is 1. The SMILES string of the molecule is CC1(C)S[C@@H]2[C@H](NC(=O)[C@H](NC(=O)c3ccc(-c4ccc(S(=O)(=O)N(CCO)CCO)cc4)[nH]c3=O)c3ccc(O)cc3)C(=O)N2[C@H]1C(=O)O. The number of fused-ring (bicyclic) bond motifs is 1. The number of hydrogen-bond donors (Lipinski definition) is 7. The minimum atomic E-state index is -4.02. The van der Waals surface area contributed by atoms with Gasteiger partial charge in [0.05, 0.1) is 18.1 Å². The van der Waals surface area contributed by atoms with Crippen LogP contribution in [0, 0.1) is 0 Å². The third-order valence-electron chi connectivity index (χ3n) is 8.39. The first-order chi connectivity index (χ1) is 23.6. The summed E-state index contributed by atoms with van der Waals surface area (Å²) in [4.78, 5) is 68.6. The van der Waals surface area contributed by atoms with E-state index in [1.165, 1.54) is 77.3 Å². The first-order valence-corrected chi connectivity index (χ1v) is 17.6. The number of H-pyrrole nitrogens is 1. The number of carboxylic acid groups (broad SMARTS) is 1. The second-order valence-corrected chi connectivity index (χ2v) is 15.8. The smallest absolute Gasteiger partial charge is 0.327 e. The van der Waals surface area contributed by atoms with E-state index in [9.17, 15) is 52.8 Å². The number of benzene rings is 2. The van der Waals surface area contributed by atoms with Crippen molar-refractivity contribution in [3.05, 3.63) is 82.1 Å². The van der Waals surface area contributed by atoms with Crippen molar-refractivity contribution in [2.75, 3.05) is 26.3 Å². The molecule has 0 unspecified atom stereocenters. The number of nitrogens with zero attached hydrogens (tertiary/aromatic N) is 2. The Kier molecular flexibility index (Phi) is 10.4. The van der Waals surface area contributed by atoms with Crippen LogP contribution in [0.3, 0.4) is 0 Å². The molecule has 2 fully saturated rings. The Hall–Kier alpha value is -4.75. The number of aromatic amines is 1. The van der Waals surface area contributed by atoms with Gasteiger partial charge in [-0.25, -0.2) is 13.2 Å². The Labute approximate surface area is 290 Å². The number of β-lactam (4-membered cyclic amide) rings is 1. The molecule has 1 aromatic heterocycles. The monoisotopic (exact) mass is 729 g/mol. The minimum absolute atomic E-state index is 0.103. The molecule has 5 rings (SSSR count). The summed E-state index contributed by atoms with van der Waals surface area (Å²) in [5.74, 6) is -3.62. The van der Waals surface area contributed by atoms with E-state index in [0.29, 0.717) is 5.56 Å². The van der Waals surface area contributed by atoms with Crippen molar-refractivity contribution in [1.82, 2.24) is 24.8 Å². The number of pyridine rings is 1. The molecular formula is C32H35N5O11S2. The van der Waals surface area contributed by atoms with Crippen LogP contribution in [-0.4, -0.2) is 115 Å². The predicted molar refractivity (Wildman–Crippen MR) is 179 cm³/mol. The lowest BCUT2D eigenvalue weighted by Crippen LogP contribution is -2.71. The fraction of sp³-hybridized carbons (Fsp3) is 0.344. The summed E-state index contributed by atoms with van der Waals surface area (Å²) >= 11 is 1.23. The third-order valence-corrected chi connectivity index (χ3v) is 11.9. The van der Waals surface area contributed by atoms with Gasteiger partial charge in [0.25, 0.3) is 11.5 Å². The number of carboxylic acids is 1. The van der Waals surface area contributed by atoms with Crippen LogP contribution in [0.5, 0.6) is 5.75 Å². The van der Waals surface area contributed by atoms with Gasteiger partial charge in [0.1, 0.15) is 34.8 Å². The topological polar surface area (TPSA) is 247 Å². The van der Waals surface area contributed by atoms with E-state index in [2.05, 4.69) is 15.6 Å². The number of sulfonamides is 1. The molecule has 0 saturated carbocycles. The fourth-order valence-corrected chi connectivity index (χ4v) is 8.96. The highest BCUT2D eigenvalue weighted by Gasteiger charge is 2.64. The Morgan fingerprint density at radius 1 is 0.980 bits per heavy atom. The highest BCUT2D eigenvalue weighted by atomic mass is 32.2. The maximum atomic E-state index is 13.6. The van der Waals surface area contributed by atoms with E-state index < -0.39 is 80.7 Å². The molecular weight excluding hydrogens is 695 g/mol. The molecule has 3 aromatic rings. The zero-order valence-electron chi connectivity index (χ0n) is 26.8. The van der Waals surface area contributed by atoms with Crippen molar-refractivity contribution < 1.29 is 48.0 Å². The van der Waals surface area contributed by atoms with Crippen molar-refractivity contribution in [2.45, 2.75) is 47.0 Å². The second-order valence-electron chi connectivity index (χ2n) is 12.1. The molecule has 16 nitrogen and oxygen atoms in total. The second kappa shape index (κ2) is 14.2. The summed E-state index contributed by atoms with van der Waals surface area (Å²) in [6.07, 6.45) is 0. The van der Waals surface area contributed by atoms with Crippen LogP contribution in [-0.2, 0) is 24.4 Å². The van der Waals surface area contributed by atoms with Crippen LogP contribution >= 0.6 is 11.8 Å². The molecule has 3 amide bonds. The highest BCUT2D eigenvalue weighted by Crippen LogP contribution is 2.50. The van der Waals surface area contributed by atoms with Gasteiger partial charge in [-0.15, -0.1) is 11.8 Å². The van der Waals surface area contributed by atoms with Crippen LogP contribution < -0.4 is 16.2 Å². The molecule has 0 radical (unpaired) electrons. The molecule has 2 aliphatic rings. The van der Waals surface area contributed by atoms with Crippen molar-refractivity contribution in [3.8, 4) is 17.0 Å². The van der Waals surface area contributed by atoms with Gasteiger partial charge in [-0.05, 0) is 61.4 Å². The molecule has 4 atom stereocenters. The molecule has 3 heterocycles. The van der Waals surface area contributed by atoms with Crippen molar-refractivity contribution in [2.24, 2.45) is 0 Å². The number of amides is 3. The largest absolute Gasteiger partial charge is 0.508 e. The first kappa shape index (κ1) is 36.5. The van der Waals surface area contributed by atoms with E-state index in [-0.39, 0.29) is 40.6 Å². The summed E-state index contributed by atoms with van der Waals surface area (Å²) in [6, 6.07) is 9.86. The van der Waals surface area contributed by atoms with E-state index in [1.807, 2.05) is 0 Å². The average molecular weight is 730 g/mol. The van der Waals surface area contributed by atoms with E-state index in [4.69, 9.17) is 0 Å². The van der Waals surface area contributed by atoms with Crippen LogP contribution in [0.25, 0.3) is 11.3 Å². The Morgan fingerprint density at radius 3 is 2.16 bits per heavy atom. The van der Waals surface area contributed by atoms with Gasteiger partial charge in [0.2, 0.25) is 21.8 Å². The van der Waals surface area contributed by atoms with Crippen molar-refractivity contribution in [1.29, 1.82) is 0 Å². The van der Waals surface area contributed by atoms with Crippen molar-refractivity contribution in [3.63, 3.8) is 0 Å². The van der Waals surface area contributed by atoms with E-state index in [0.717, 1.165) is 4.31 Å². The number of hydrogen-bond acceptors (Lipinski definition) is 11. The van der Waals surface area contributed by atoms with Crippen LogP contribution in [0.4, 0.5) is 0 Å². The number of phenols is 1.